The van der Waals surface area contributed by atoms with E-state index in [-0.39, 0.29) is 17.9 Å². The number of aliphatic hydroxyl groups excluding tert-OH is 1. The van der Waals surface area contributed by atoms with Crippen LogP contribution in [0.15, 0.2) is 23.6 Å². The molecule has 1 amide bonds. The van der Waals surface area contributed by atoms with Crippen molar-refractivity contribution < 1.29 is 9.90 Å². The van der Waals surface area contributed by atoms with Gasteiger partial charge in [0.05, 0.1) is 6.10 Å². The van der Waals surface area contributed by atoms with Crippen LogP contribution in [0.4, 0.5) is 0 Å². The Bertz CT molecular complexity index is 386. The summed E-state index contributed by atoms with van der Waals surface area (Å²) >= 11 is 1.60. The lowest BCUT2D eigenvalue weighted by molar-refractivity contribution is -0.116. The maximum absolute atomic E-state index is 11.5. The molecule has 1 aromatic rings. The van der Waals surface area contributed by atoms with E-state index in [1.54, 1.807) is 17.4 Å². The summed E-state index contributed by atoms with van der Waals surface area (Å²) in [6.45, 7) is 0.578. The van der Waals surface area contributed by atoms with Gasteiger partial charge in [0.1, 0.15) is 0 Å². The van der Waals surface area contributed by atoms with E-state index in [0.29, 0.717) is 6.54 Å². The van der Waals surface area contributed by atoms with Gasteiger partial charge in [0, 0.05) is 23.4 Å². The van der Waals surface area contributed by atoms with Crippen molar-refractivity contribution in [1.82, 2.24) is 5.32 Å². The number of hydrogen-bond acceptors (Lipinski definition) is 3. The minimum atomic E-state index is -0.239. The molecule has 0 aliphatic heterocycles. The highest BCUT2D eigenvalue weighted by Crippen LogP contribution is 2.24. The number of thiophene rings is 1. The van der Waals surface area contributed by atoms with E-state index in [0.717, 1.165) is 24.1 Å². The van der Waals surface area contributed by atoms with Gasteiger partial charge < -0.3 is 10.4 Å². The molecule has 0 bridgehead atoms. The Hall–Kier alpha value is -1.13. The zero-order valence-electron chi connectivity index (χ0n) is 9.63. The van der Waals surface area contributed by atoms with Crippen molar-refractivity contribution in [3.8, 4) is 0 Å². The molecule has 0 saturated heterocycles. The molecule has 1 saturated carbocycles. The molecule has 0 spiro atoms. The average Bonchev–Trinajstić information content (AvgIpc) is 2.95. The maximum atomic E-state index is 11.5. The third-order valence-electron chi connectivity index (χ3n) is 3.10. The van der Waals surface area contributed by atoms with Gasteiger partial charge >= 0.3 is 0 Å². The van der Waals surface area contributed by atoms with Crippen LogP contribution in [0.3, 0.4) is 0 Å². The van der Waals surface area contributed by atoms with Crippen LogP contribution in [-0.2, 0) is 4.79 Å². The zero-order chi connectivity index (χ0) is 12.1. The van der Waals surface area contributed by atoms with Gasteiger partial charge in [-0.25, -0.2) is 0 Å². The Kier molecular flexibility index (Phi) is 4.34. The molecule has 2 atom stereocenters. The lowest BCUT2D eigenvalue weighted by atomic mass is 10.1. The number of carbonyl (C=O) groups excluding carboxylic acids is 1. The maximum Gasteiger partial charge on any atom is 0.244 e. The quantitative estimate of drug-likeness (QED) is 0.805. The first-order valence-electron chi connectivity index (χ1n) is 5.93. The van der Waals surface area contributed by atoms with Crippen LogP contribution in [0.5, 0.6) is 0 Å². The van der Waals surface area contributed by atoms with Gasteiger partial charge in [0.25, 0.3) is 0 Å². The van der Waals surface area contributed by atoms with E-state index >= 15 is 0 Å². The number of amides is 1. The third-order valence-corrected chi connectivity index (χ3v) is 3.94. The molecule has 2 rings (SSSR count). The molecule has 92 valence electrons. The van der Waals surface area contributed by atoms with Crippen LogP contribution in [0, 0.1) is 5.92 Å². The number of nitrogens with one attached hydrogen (secondary N) is 1. The fourth-order valence-corrected chi connectivity index (χ4v) is 2.71. The van der Waals surface area contributed by atoms with Crippen LogP contribution in [-0.4, -0.2) is 23.7 Å². The van der Waals surface area contributed by atoms with Gasteiger partial charge in [0.2, 0.25) is 5.91 Å². The lowest BCUT2D eigenvalue weighted by Crippen LogP contribution is -2.31. The Morgan fingerprint density at radius 2 is 2.47 bits per heavy atom. The van der Waals surface area contributed by atoms with Crippen LogP contribution in [0.1, 0.15) is 24.1 Å². The van der Waals surface area contributed by atoms with Gasteiger partial charge in [-0.3, -0.25) is 4.79 Å². The molecule has 0 radical (unpaired) electrons. The van der Waals surface area contributed by atoms with Gasteiger partial charge in [-0.05, 0) is 30.4 Å². The third kappa shape index (κ3) is 3.68. The molecule has 1 heterocycles. The van der Waals surface area contributed by atoms with Gasteiger partial charge in [-0.15, -0.1) is 11.3 Å². The van der Waals surface area contributed by atoms with Crippen LogP contribution in [0.25, 0.3) is 6.08 Å². The second kappa shape index (κ2) is 5.98. The molecule has 17 heavy (non-hydrogen) atoms. The highest BCUT2D eigenvalue weighted by atomic mass is 32.1. The highest BCUT2D eigenvalue weighted by molar-refractivity contribution is 7.10. The number of carbonyl (C=O) groups is 1. The van der Waals surface area contributed by atoms with Crippen molar-refractivity contribution in [3.63, 3.8) is 0 Å². The largest absolute Gasteiger partial charge is 0.393 e. The summed E-state index contributed by atoms with van der Waals surface area (Å²) in [7, 11) is 0. The summed E-state index contributed by atoms with van der Waals surface area (Å²) in [6.07, 6.45) is 6.06. The monoisotopic (exact) mass is 251 g/mol. The molecular formula is C13H17NO2S. The molecule has 0 aromatic carbocycles. The Morgan fingerprint density at radius 1 is 1.59 bits per heavy atom. The highest BCUT2D eigenvalue weighted by Gasteiger charge is 2.24. The Labute approximate surface area is 105 Å². The summed E-state index contributed by atoms with van der Waals surface area (Å²) in [6, 6.07) is 3.92. The minimum absolute atomic E-state index is 0.0856. The molecular weight excluding hydrogens is 234 g/mol. The first kappa shape index (κ1) is 12.3. The fourth-order valence-electron chi connectivity index (χ4n) is 2.09. The standard InChI is InChI=1S/C13H17NO2S/c15-12-5-1-3-10(12)9-14-13(16)7-6-11-4-2-8-17-11/h2,4,6-8,10,12,15H,1,3,5,9H2,(H,14,16). The van der Waals surface area contributed by atoms with Crippen molar-refractivity contribution in [1.29, 1.82) is 0 Å². The molecule has 1 aliphatic rings. The SMILES string of the molecule is O=C(C=Cc1cccs1)NCC1CCCC1O. The van der Waals surface area contributed by atoms with Gasteiger partial charge in [0.15, 0.2) is 0 Å². The molecule has 1 aliphatic carbocycles. The summed E-state index contributed by atoms with van der Waals surface area (Å²) < 4.78 is 0. The Morgan fingerprint density at radius 3 is 3.12 bits per heavy atom. The number of rotatable bonds is 4. The van der Waals surface area contributed by atoms with Crippen molar-refractivity contribution >= 4 is 23.3 Å². The first-order chi connectivity index (χ1) is 8.25. The molecule has 4 heteroatoms. The molecule has 1 fully saturated rings. The van der Waals surface area contributed by atoms with E-state index in [1.165, 1.54) is 0 Å². The molecule has 2 N–H and O–H groups in total. The molecule has 3 nitrogen and oxygen atoms in total. The van der Waals surface area contributed by atoms with E-state index in [1.807, 2.05) is 23.6 Å². The topological polar surface area (TPSA) is 49.3 Å². The predicted molar refractivity (Wildman–Crippen MR) is 69.7 cm³/mol. The predicted octanol–water partition coefficient (Wildman–Crippen LogP) is 2.04. The Balaban J connectivity index is 1.74. The summed E-state index contributed by atoms with van der Waals surface area (Å²) in [5.74, 6) is 0.145. The number of aliphatic hydroxyl groups is 1. The molecule has 2 unspecified atom stereocenters. The second-order valence-corrected chi connectivity index (χ2v) is 5.33. The van der Waals surface area contributed by atoms with Crippen molar-refractivity contribution in [2.75, 3.05) is 6.54 Å². The fraction of sp³-hybridized carbons (Fsp3) is 0.462. The van der Waals surface area contributed by atoms with Crippen molar-refractivity contribution in [3.05, 3.63) is 28.5 Å². The minimum Gasteiger partial charge on any atom is -0.393 e. The summed E-state index contributed by atoms with van der Waals surface area (Å²) in [4.78, 5) is 12.6. The normalized spacial score (nSPS) is 24.3. The van der Waals surface area contributed by atoms with Gasteiger partial charge in [-0.2, -0.15) is 0 Å². The van der Waals surface area contributed by atoms with Crippen molar-refractivity contribution in [2.45, 2.75) is 25.4 Å². The average molecular weight is 251 g/mol. The van der Waals surface area contributed by atoms with Crippen LogP contribution in [0.2, 0.25) is 0 Å². The number of hydrogen-bond donors (Lipinski definition) is 2. The zero-order valence-corrected chi connectivity index (χ0v) is 10.5. The van der Waals surface area contributed by atoms with Gasteiger partial charge in [-0.1, -0.05) is 12.5 Å². The smallest absolute Gasteiger partial charge is 0.244 e. The second-order valence-electron chi connectivity index (χ2n) is 4.35. The van der Waals surface area contributed by atoms with E-state index in [9.17, 15) is 9.90 Å². The van der Waals surface area contributed by atoms with Crippen LogP contribution < -0.4 is 5.32 Å². The van der Waals surface area contributed by atoms with Crippen LogP contribution >= 0.6 is 11.3 Å². The summed E-state index contributed by atoms with van der Waals surface area (Å²) in [5, 5.41) is 14.4. The van der Waals surface area contributed by atoms with Crippen molar-refractivity contribution in [2.24, 2.45) is 5.92 Å². The van der Waals surface area contributed by atoms with E-state index in [4.69, 9.17) is 0 Å². The first-order valence-corrected chi connectivity index (χ1v) is 6.81. The van der Waals surface area contributed by atoms with E-state index in [2.05, 4.69) is 5.32 Å². The molecule has 1 aromatic heterocycles. The van der Waals surface area contributed by atoms with E-state index < -0.39 is 0 Å². The lowest BCUT2D eigenvalue weighted by Gasteiger charge is -2.13. The summed E-state index contributed by atoms with van der Waals surface area (Å²) in [5.41, 5.74) is 0.